The van der Waals surface area contributed by atoms with E-state index >= 15 is 0 Å². The van der Waals surface area contributed by atoms with E-state index in [2.05, 4.69) is 5.32 Å². The van der Waals surface area contributed by atoms with Gasteiger partial charge in [-0.1, -0.05) is 54.6 Å². The van der Waals surface area contributed by atoms with Crippen LogP contribution >= 0.6 is 0 Å². The number of hydrogen-bond donors (Lipinski definition) is 1. The second-order valence-electron chi connectivity index (χ2n) is 9.66. The van der Waals surface area contributed by atoms with Crippen molar-refractivity contribution in [3.8, 4) is 22.5 Å². The molecule has 0 fully saturated rings. The molecule has 198 valence electrons. The summed E-state index contributed by atoms with van der Waals surface area (Å²) in [6, 6.07) is 33.3. The van der Waals surface area contributed by atoms with Gasteiger partial charge >= 0.3 is 0 Å². The number of benzene rings is 5. The molecule has 0 amide bonds. The van der Waals surface area contributed by atoms with Crippen LogP contribution in [0.15, 0.2) is 123 Å². The molecule has 1 heterocycles. The Morgan fingerprint density at radius 3 is 2.25 bits per heavy atom. The Morgan fingerprint density at radius 1 is 0.750 bits per heavy atom. The lowest BCUT2D eigenvalue weighted by molar-refractivity contribution is 0.463. The van der Waals surface area contributed by atoms with Gasteiger partial charge in [-0.05, 0) is 67.4 Å². The molecule has 6 rings (SSSR count). The van der Waals surface area contributed by atoms with E-state index in [1.807, 2.05) is 98.8 Å². The third kappa shape index (κ3) is 4.88. The molecule has 0 bridgehead atoms. The molecule has 0 aromatic heterocycles. The fourth-order valence-electron chi connectivity index (χ4n) is 4.90. The molecule has 0 unspecified atom stereocenters. The summed E-state index contributed by atoms with van der Waals surface area (Å²) in [4.78, 5) is 4.52. The third-order valence-corrected chi connectivity index (χ3v) is 7.81. The van der Waals surface area contributed by atoms with Gasteiger partial charge in [-0.25, -0.2) is 13.4 Å². The first-order valence-electron chi connectivity index (χ1n) is 12.8. The van der Waals surface area contributed by atoms with Crippen LogP contribution < -0.4 is 10.7 Å². The molecular weight excluding hydrogens is 520 g/mol. The average Bonchev–Trinajstić information content (AvgIpc) is 2.94. The molecule has 0 atom stereocenters. The summed E-state index contributed by atoms with van der Waals surface area (Å²) < 4.78 is 43.2. The van der Waals surface area contributed by atoms with Gasteiger partial charge in [0.1, 0.15) is 21.5 Å². The van der Waals surface area contributed by atoms with Crippen LogP contribution in [0.4, 0.5) is 17.1 Å². The van der Waals surface area contributed by atoms with Crippen molar-refractivity contribution in [3.63, 3.8) is 0 Å². The lowest BCUT2D eigenvalue weighted by Gasteiger charge is -2.19. The fraction of sp³-hybridized carbons (Fsp3) is 0.0606. The minimum atomic E-state index is -4.74. The first-order chi connectivity index (χ1) is 19.3. The molecule has 1 aliphatic carbocycles. The highest BCUT2D eigenvalue weighted by Gasteiger charge is 2.21. The summed E-state index contributed by atoms with van der Waals surface area (Å²) in [5, 5.41) is 4.81. The SMILES string of the molecule is Cc1ccccc1N=c1ccc2c(-c3ccccc3S(=O)(=O)[O-])c3ccc(Nc4ccccc4C)cc3oc-2c1. The number of nitrogens with one attached hydrogen (secondary N) is 1. The van der Waals surface area contributed by atoms with E-state index in [9.17, 15) is 13.0 Å². The lowest BCUT2D eigenvalue weighted by Crippen LogP contribution is -2.05. The largest absolute Gasteiger partial charge is 0.744 e. The van der Waals surface area contributed by atoms with Gasteiger partial charge in [-0.15, -0.1) is 0 Å². The van der Waals surface area contributed by atoms with Gasteiger partial charge in [-0.2, -0.15) is 0 Å². The Bertz CT molecular complexity index is 2040. The maximum Gasteiger partial charge on any atom is 0.137 e. The molecule has 1 N–H and O–H groups in total. The highest BCUT2D eigenvalue weighted by molar-refractivity contribution is 7.85. The minimum Gasteiger partial charge on any atom is -0.744 e. The first kappa shape index (κ1) is 25.6. The molecule has 4 aromatic carbocycles. The van der Waals surface area contributed by atoms with Crippen LogP contribution in [0, 0.1) is 13.8 Å². The van der Waals surface area contributed by atoms with E-state index in [0.717, 1.165) is 28.2 Å². The van der Waals surface area contributed by atoms with Gasteiger partial charge in [-0.3, -0.25) is 0 Å². The van der Waals surface area contributed by atoms with Crippen molar-refractivity contribution in [1.82, 2.24) is 0 Å². The van der Waals surface area contributed by atoms with Crippen molar-refractivity contribution in [2.45, 2.75) is 18.7 Å². The summed E-state index contributed by atoms with van der Waals surface area (Å²) in [7, 11) is -4.74. The second kappa shape index (κ2) is 10.1. The molecule has 0 saturated carbocycles. The fourth-order valence-corrected chi connectivity index (χ4v) is 5.59. The summed E-state index contributed by atoms with van der Waals surface area (Å²) in [5.41, 5.74) is 6.89. The predicted octanol–water partition coefficient (Wildman–Crippen LogP) is 7.70. The Labute approximate surface area is 232 Å². The smallest absolute Gasteiger partial charge is 0.137 e. The van der Waals surface area contributed by atoms with Crippen LogP contribution in [-0.2, 0) is 10.1 Å². The molecule has 4 aromatic rings. The number of rotatable bonds is 5. The van der Waals surface area contributed by atoms with Crippen molar-refractivity contribution in [3.05, 3.63) is 126 Å². The van der Waals surface area contributed by atoms with Crippen LogP contribution in [-0.4, -0.2) is 13.0 Å². The first-order valence-corrected chi connectivity index (χ1v) is 14.2. The van der Waals surface area contributed by atoms with Crippen LogP contribution in [0.1, 0.15) is 11.1 Å². The lowest BCUT2D eigenvalue weighted by atomic mass is 9.93. The Morgan fingerprint density at radius 2 is 1.48 bits per heavy atom. The highest BCUT2D eigenvalue weighted by Crippen LogP contribution is 2.42. The van der Waals surface area contributed by atoms with Crippen LogP contribution in [0.3, 0.4) is 0 Å². The zero-order chi connectivity index (χ0) is 27.9. The number of fused-ring (bicyclic) bond motifs is 2. The van der Waals surface area contributed by atoms with Crippen LogP contribution in [0.2, 0.25) is 0 Å². The Hall–Kier alpha value is -4.72. The molecular formula is C33H25N2O4S-. The topological polar surface area (TPSA) is 94.7 Å². The van der Waals surface area contributed by atoms with E-state index in [-0.39, 0.29) is 4.90 Å². The number of hydrogen-bond acceptors (Lipinski definition) is 6. The van der Waals surface area contributed by atoms with Crippen molar-refractivity contribution in [2.75, 3.05) is 5.32 Å². The summed E-state index contributed by atoms with van der Waals surface area (Å²) in [6.07, 6.45) is 0. The minimum absolute atomic E-state index is 0.278. The normalized spacial score (nSPS) is 12.2. The van der Waals surface area contributed by atoms with Gasteiger partial charge in [0.25, 0.3) is 0 Å². The molecule has 1 aliphatic heterocycles. The van der Waals surface area contributed by atoms with Crippen molar-refractivity contribution >= 4 is 38.1 Å². The number of anilines is 2. The van der Waals surface area contributed by atoms with Crippen molar-refractivity contribution in [1.29, 1.82) is 0 Å². The summed E-state index contributed by atoms with van der Waals surface area (Å²) >= 11 is 0. The van der Waals surface area contributed by atoms with Crippen molar-refractivity contribution in [2.24, 2.45) is 4.99 Å². The van der Waals surface area contributed by atoms with Gasteiger partial charge in [0, 0.05) is 45.6 Å². The monoisotopic (exact) mass is 545 g/mol. The van der Waals surface area contributed by atoms with Crippen molar-refractivity contribution < 1.29 is 17.4 Å². The summed E-state index contributed by atoms with van der Waals surface area (Å²) in [5.74, 6) is 0.517. The molecule has 0 saturated heterocycles. The number of para-hydroxylation sites is 2. The van der Waals surface area contributed by atoms with Gasteiger partial charge in [0.15, 0.2) is 0 Å². The van der Waals surface area contributed by atoms with E-state index in [1.165, 1.54) is 6.07 Å². The summed E-state index contributed by atoms with van der Waals surface area (Å²) in [6.45, 7) is 4.03. The standard InChI is InChI=1S/C33H26N2O4S/c1-21-9-3-6-12-28(21)34-23-15-17-25-30(19-23)39-31-20-24(35-29-13-7-4-10-22(29)2)16-18-26(31)33(25)27-11-5-8-14-32(27)40(36,37)38/h3-20,34H,1-2H3,(H,36,37,38)/p-1. The van der Waals surface area contributed by atoms with E-state index in [4.69, 9.17) is 9.41 Å². The molecule has 0 radical (unpaired) electrons. The second-order valence-corrected chi connectivity index (χ2v) is 11.0. The molecule has 2 aliphatic rings. The van der Waals surface area contributed by atoms with Gasteiger partial charge in [0.2, 0.25) is 0 Å². The zero-order valence-electron chi connectivity index (χ0n) is 21.9. The Balaban J connectivity index is 1.63. The molecule has 0 spiro atoms. The van der Waals surface area contributed by atoms with Gasteiger partial charge < -0.3 is 14.3 Å². The highest BCUT2D eigenvalue weighted by atomic mass is 32.2. The third-order valence-electron chi connectivity index (χ3n) is 6.92. The van der Waals surface area contributed by atoms with Crippen LogP contribution in [0.5, 0.6) is 0 Å². The van der Waals surface area contributed by atoms with E-state index in [1.54, 1.807) is 18.2 Å². The van der Waals surface area contributed by atoms with E-state index in [0.29, 0.717) is 38.8 Å². The molecule has 7 heteroatoms. The molecule has 6 nitrogen and oxygen atoms in total. The molecule has 40 heavy (non-hydrogen) atoms. The average molecular weight is 546 g/mol. The predicted molar refractivity (Wildman–Crippen MR) is 157 cm³/mol. The van der Waals surface area contributed by atoms with Crippen LogP contribution in [0.25, 0.3) is 33.4 Å². The van der Waals surface area contributed by atoms with E-state index < -0.39 is 10.1 Å². The van der Waals surface area contributed by atoms with Gasteiger partial charge in [0.05, 0.1) is 15.9 Å². The Kier molecular flexibility index (Phi) is 6.46. The quantitative estimate of drug-likeness (QED) is 0.177. The zero-order valence-corrected chi connectivity index (χ0v) is 22.7. The maximum atomic E-state index is 12.3. The number of aryl methyl sites for hydroxylation is 2. The maximum absolute atomic E-state index is 12.3. The number of nitrogens with zero attached hydrogens (tertiary/aromatic N) is 1.